The van der Waals surface area contributed by atoms with Crippen LogP contribution in [-0.2, 0) is 37.0 Å². The highest BCUT2D eigenvalue weighted by atomic mass is 32.2. The van der Waals surface area contributed by atoms with E-state index >= 15 is 0 Å². The molecule has 0 unspecified atom stereocenters. The minimum Gasteiger partial charge on any atom is -0.468 e. The van der Waals surface area contributed by atoms with E-state index in [2.05, 4.69) is 30.6 Å². The van der Waals surface area contributed by atoms with Crippen molar-refractivity contribution in [3.05, 3.63) is 40.3 Å². The average molecular weight is 510 g/mol. The second-order valence-corrected chi connectivity index (χ2v) is 10.8. The molecule has 1 atom stereocenters. The van der Waals surface area contributed by atoms with Crippen LogP contribution in [0.1, 0.15) is 16.4 Å². The number of nitrogens with zero attached hydrogens (tertiary/aromatic N) is 3. The lowest BCUT2D eigenvalue weighted by Gasteiger charge is -2.30. The highest BCUT2D eigenvalue weighted by Crippen LogP contribution is 2.24. The summed E-state index contributed by atoms with van der Waals surface area (Å²) in [7, 11) is -3.43. The summed E-state index contributed by atoms with van der Waals surface area (Å²) in [6, 6.07) is 7.14. The number of ether oxygens (including phenoxy) is 1. The third-order valence-electron chi connectivity index (χ3n) is 5.07. The fraction of sp³-hybridized carbons (Fsp3) is 0.450. The van der Waals surface area contributed by atoms with Gasteiger partial charge in [-0.1, -0.05) is 18.2 Å². The average Bonchev–Trinajstić information content (AvgIpc) is 3.49. The second kappa shape index (κ2) is 11.0. The smallest absolute Gasteiger partial charge is 0.328 e. The standard InChI is InChI=1S/C20H27N7O5S2/c1-32-18(29)17(34(30,31)13-6-3-2-4-7-13)20(21,22)14(28)12-16-27-26-15(33-16)8-5-9-23-19-24-10-11-25-19/h2-4,6-7,17H,5,8-12,21-22H2,1H3,(H2,23,24,25)/t17-/m1/s1. The van der Waals surface area contributed by atoms with Gasteiger partial charge in [0.25, 0.3) is 0 Å². The number of Topliss-reactive ketones (excluding diaryl/α,β-unsaturated/α-hetero) is 1. The number of methoxy groups -OCH3 is 1. The molecule has 12 nitrogen and oxygen atoms in total. The normalized spacial score (nSPS) is 14.7. The molecule has 0 radical (unpaired) electrons. The van der Waals surface area contributed by atoms with Crippen molar-refractivity contribution in [2.24, 2.45) is 16.5 Å². The van der Waals surface area contributed by atoms with E-state index in [9.17, 15) is 18.0 Å². The number of esters is 1. The van der Waals surface area contributed by atoms with Crippen LogP contribution in [0.2, 0.25) is 0 Å². The molecule has 1 aromatic heterocycles. The van der Waals surface area contributed by atoms with Crippen LogP contribution in [-0.4, -0.2) is 74.0 Å². The molecule has 0 fully saturated rings. The lowest BCUT2D eigenvalue weighted by atomic mass is 10.00. The Morgan fingerprint density at radius 1 is 1.24 bits per heavy atom. The minimum atomic E-state index is -4.42. The van der Waals surface area contributed by atoms with Crippen LogP contribution in [0.5, 0.6) is 0 Å². The number of hydrogen-bond donors (Lipinski definition) is 4. The van der Waals surface area contributed by atoms with Crippen molar-refractivity contribution in [1.82, 2.24) is 20.8 Å². The van der Waals surface area contributed by atoms with Gasteiger partial charge in [-0.2, -0.15) is 0 Å². The fourth-order valence-corrected chi connectivity index (χ4v) is 5.98. The number of nitrogens with two attached hydrogens (primary N) is 2. The molecule has 0 amide bonds. The summed E-state index contributed by atoms with van der Waals surface area (Å²) in [5.74, 6) is -1.33. The number of guanidine groups is 1. The quantitative estimate of drug-likeness (QED) is 0.161. The van der Waals surface area contributed by atoms with Gasteiger partial charge in [-0.3, -0.25) is 14.6 Å². The lowest BCUT2D eigenvalue weighted by Crippen LogP contribution is -2.69. The molecule has 3 rings (SSSR count). The monoisotopic (exact) mass is 509 g/mol. The van der Waals surface area contributed by atoms with Gasteiger partial charge in [0.05, 0.1) is 25.0 Å². The molecular formula is C20H27N7O5S2. The highest BCUT2D eigenvalue weighted by Gasteiger charge is 2.52. The second-order valence-electron chi connectivity index (χ2n) is 7.57. The molecule has 0 aliphatic carbocycles. The van der Waals surface area contributed by atoms with Crippen LogP contribution in [0, 0.1) is 0 Å². The first-order chi connectivity index (χ1) is 16.2. The number of benzene rings is 1. The number of aryl methyl sites for hydroxylation is 1. The Morgan fingerprint density at radius 3 is 2.59 bits per heavy atom. The summed E-state index contributed by atoms with van der Waals surface area (Å²) < 4.78 is 30.9. The maximum atomic E-state index is 13.1. The SMILES string of the molecule is COC(=O)[C@H](C(N)(N)C(=O)Cc1nnc(CCCNC2=NCCN2)s1)S(=O)(=O)c1ccccc1. The topological polar surface area (TPSA) is 192 Å². The molecule has 6 N–H and O–H groups in total. The Kier molecular flexibility index (Phi) is 8.30. The molecule has 0 bridgehead atoms. The molecule has 0 spiro atoms. The number of carbonyl (C=O) groups excluding carboxylic acids is 2. The molecular weight excluding hydrogens is 482 g/mol. The maximum Gasteiger partial charge on any atom is 0.328 e. The Labute approximate surface area is 201 Å². The number of nitrogens with one attached hydrogen (secondary N) is 2. The van der Waals surface area contributed by atoms with E-state index < -0.39 is 32.5 Å². The van der Waals surface area contributed by atoms with E-state index in [0.29, 0.717) is 23.0 Å². The van der Waals surface area contributed by atoms with E-state index in [-0.39, 0.29) is 11.3 Å². The summed E-state index contributed by atoms with van der Waals surface area (Å²) in [6.45, 7) is 2.26. The molecule has 1 aromatic carbocycles. The minimum absolute atomic E-state index is 0.205. The van der Waals surface area contributed by atoms with Crippen molar-refractivity contribution in [1.29, 1.82) is 0 Å². The zero-order valence-corrected chi connectivity index (χ0v) is 20.2. The van der Waals surface area contributed by atoms with Gasteiger partial charge in [0.15, 0.2) is 27.2 Å². The van der Waals surface area contributed by atoms with Crippen molar-refractivity contribution in [3.8, 4) is 0 Å². The zero-order chi connectivity index (χ0) is 24.8. The number of carbonyl (C=O) groups is 2. The lowest BCUT2D eigenvalue weighted by molar-refractivity contribution is -0.143. The number of aromatic nitrogens is 2. The fourth-order valence-electron chi connectivity index (χ4n) is 3.29. The van der Waals surface area contributed by atoms with Crippen molar-refractivity contribution in [2.75, 3.05) is 26.7 Å². The zero-order valence-electron chi connectivity index (χ0n) is 18.6. The van der Waals surface area contributed by atoms with Gasteiger partial charge < -0.3 is 26.8 Å². The molecule has 0 saturated heterocycles. The predicted octanol–water partition coefficient (Wildman–Crippen LogP) is -1.24. The van der Waals surface area contributed by atoms with Gasteiger partial charge in [-0.25, -0.2) is 8.42 Å². The van der Waals surface area contributed by atoms with Gasteiger partial charge in [0, 0.05) is 19.5 Å². The molecule has 2 aromatic rings. The number of aliphatic imine (C=N–C) groups is 1. The largest absolute Gasteiger partial charge is 0.468 e. The number of hydrogen-bond acceptors (Lipinski definition) is 13. The molecule has 1 aliphatic heterocycles. The van der Waals surface area contributed by atoms with E-state index in [4.69, 9.17) is 11.5 Å². The van der Waals surface area contributed by atoms with E-state index in [1.54, 1.807) is 6.07 Å². The number of rotatable bonds is 11. The van der Waals surface area contributed by atoms with Crippen LogP contribution in [0.4, 0.5) is 0 Å². The van der Waals surface area contributed by atoms with Crippen molar-refractivity contribution >= 4 is 38.9 Å². The predicted molar refractivity (Wildman–Crippen MR) is 126 cm³/mol. The Hall–Kier alpha value is -2.94. The summed E-state index contributed by atoms with van der Waals surface area (Å²) in [4.78, 5) is 29.4. The summed E-state index contributed by atoms with van der Waals surface area (Å²) in [6.07, 6.45) is 1.01. The van der Waals surface area contributed by atoms with Crippen LogP contribution < -0.4 is 22.1 Å². The Balaban J connectivity index is 1.67. The molecule has 34 heavy (non-hydrogen) atoms. The van der Waals surface area contributed by atoms with Crippen LogP contribution >= 0.6 is 11.3 Å². The molecule has 184 valence electrons. The Morgan fingerprint density at radius 2 is 1.94 bits per heavy atom. The summed E-state index contributed by atoms with van der Waals surface area (Å²) in [5, 5.41) is 13.2. The highest BCUT2D eigenvalue weighted by molar-refractivity contribution is 7.93. The van der Waals surface area contributed by atoms with Gasteiger partial charge in [-0.05, 0) is 18.6 Å². The molecule has 2 heterocycles. The number of ketones is 1. The van der Waals surface area contributed by atoms with Crippen LogP contribution in [0.3, 0.4) is 0 Å². The first kappa shape index (κ1) is 25.7. The summed E-state index contributed by atoms with van der Waals surface area (Å²) >= 11 is 1.20. The Bertz CT molecular complexity index is 1150. The molecule has 14 heteroatoms. The first-order valence-corrected chi connectivity index (χ1v) is 12.8. The van der Waals surface area contributed by atoms with Gasteiger partial charge in [0.2, 0.25) is 5.25 Å². The van der Waals surface area contributed by atoms with Crippen LogP contribution in [0.15, 0.2) is 40.2 Å². The third kappa shape index (κ3) is 5.94. The van der Waals surface area contributed by atoms with Gasteiger partial charge in [-0.15, -0.1) is 21.5 Å². The third-order valence-corrected chi connectivity index (χ3v) is 8.18. The summed E-state index contributed by atoms with van der Waals surface area (Å²) in [5.41, 5.74) is 9.44. The first-order valence-electron chi connectivity index (χ1n) is 10.5. The van der Waals surface area contributed by atoms with E-state index in [1.807, 2.05) is 0 Å². The van der Waals surface area contributed by atoms with Crippen molar-refractivity contribution < 1.29 is 22.7 Å². The molecule has 0 saturated carbocycles. The van der Waals surface area contributed by atoms with E-state index in [0.717, 1.165) is 32.6 Å². The number of sulfone groups is 1. The van der Waals surface area contributed by atoms with Crippen molar-refractivity contribution in [3.63, 3.8) is 0 Å². The maximum absolute atomic E-state index is 13.1. The van der Waals surface area contributed by atoms with Gasteiger partial charge >= 0.3 is 5.97 Å². The van der Waals surface area contributed by atoms with Crippen LogP contribution in [0.25, 0.3) is 0 Å². The van der Waals surface area contributed by atoms with Gasteiger partial charge in [0.1, 0.15) is 10.0 Å². The molecule has 1 aliphatic rings. The van der Waals surface area contributed by atoms with Crippen molar-refractivity contribution in [2.45, 2.75) is 35.1 Å². The van der Waals surface area contributed by atoms with E-state index in [1.165, 1.54) is 35.6 Å².